The number of anilines is 1. The molecule has 1 N–H and O–H groups in total. The summed E-state index contributed by atoms with van der Waals surface area (Å²) >= 11 is 0. The number of hydrogen-bond donors (Lipinski definition) is 1. The molecular weight excluding hydrogens is 312 g/mol. The molecule has 0 spiro atoms. The zero-order valence-electron chi connectivity index (χ0n) is 12.6. The molecule has 1 aliphatic heterocycles. The molecule has 1 heterocycles. The fourth-order valence-corrected chi connectivity index (χ4v) is 2.26. The van der Waals surface area contributed by atoms with Crippen molar-refractivity contribution in [3.8, 4) is 0 Å². The average molecular weight is 324 g/mol. The highest BCUT2D eigenvalue weighted by Gasteiger charge is 2.38. The molecule has 0 bridgehead atoms. The lowest BCUT2D eigenvalue weighted by Crippen LogP contribution is -2.34. The second kappa shape index (κ2) is 5.96. The van der Waals surface area contributed by atoms with E-state index in [4.69, 9.17) is 4.84 Å². The second-order valence-electron chi connectivity index (χ2n) is 5.09. The first kappa shape index (κ1) is 15.4. The maximum atomic E-state index is 12.1. The number of amides is 3. The minimum Gasteiger partial charge on any atom is -0.310 e. The lowest BCUT2D eigenvalue weighted by Gasteiger charge is -2.13. The molecule has 0 aromatic heterocycles. The standard InChI is InChI=1S/C17H12N2O5/c1-10(20)11-6-8-12(9-7-11)18-17(23)24-19-15(21)13-4-2-3-5-14(13)16(19)22/h2-9H,1H3,(H,18,23). The number of hydroxylamine groups is 2. The SMILES string of the molecule is CC(=O)c1ccc(NC(=O)ON2C(=O)c3ccccc3C2=O)cc1. The molecule has 0 saturated heterocycles. The second-order valence-corrected chi connectivity index (χ2v) is 5.09. The third kappa shape index (κ3) is 2.74. The van der Waals surface area contributed by atoms with E-state index < -0.39 is 17.9 Å². The molecule has 3 rings (SSSR count). The summed E-state index contributed by atoms with van der Waals surface area (Å²) in [4.78, 5) is 52.1. The minimum absolute atomic E-state index is 0.102. The quantitative estimate of drug-likeness (QED) is 0.692. The number of fused-ring (bicyclic) bond motifs is 1. The molecule has 0 saturated carbocycles. The molecule has 120 valence electrons. The Labute approximate surface area is 136 Å². The van der Waals surface area contributed by atoms with Crippen molar-refractivity contribution in [2.24, 2.45) is 0 Å². The van der Waals surface area contributed by atoms with E-state index in [2.05, 4.69) is 5.32 Å². The highest BCUT2D eigenvalue weighted by atomic mass is 16.7. The van der Waals surface area contributed by atoms with Crippen LogP contribution >= 0.6 is 0 Å². The van der Waals surface area contributed by atoms with Crippen molar-refractivity contribution in [2.75, 3.05) is 5.32 Å². The van der Waals surface area contributed by atoms with E-state index in [0.29, 0.717) is 16.3 Å². The zero-order valence-corrected chi connectivity index (χ0v) is 12.6. The van der Waals surface area contributed by atoms with Gasteiger partial charge in [0, 0.05) is 11.3 Å². The molecule has 3 amide bonds. The molecule has 7 nitrogen and oxygen atoms in total. The minimum atomic E-state index is -0.986. The van der Waals surface area contributed by atoms with Crippen LogP contribution in [0.2, 0.25) is 0 Å². The topological polar surface area (TPSA) is 92.8 Å². The zero-order chi connectivity index (χ0) is 17.3. The molecule has 24 heavy (non-hydrogen) atoms. The number of carbonyl (C=O) groups excluding carboxylic acids is 4. The molecule has 2 aromatic carbocycles. The van der Waals surface area contributed by atoms with E-state index >= 15 is 0 Å². The van der Waals surface area contributed by atoms with Gasteiger partial charge in [-0.1, -0.05) is 17.2 Å². The van der Waals surface area contributed by atoms with Crippen LogP contribution in [0.5, 0.6) is 0 Å². The average Bonchev–Trinajstić information content (AvgIpc) is 2.81. The van der Waals surface area contributed by atoms with Crippen molar-refractivity contribution in [1.29, 1.82) is 0 Å². The van der Waals surface area contributed by atoms with Gasteiger partial charge in [0.25, 0.3) is 11.8 Å². The van der Waals surface area contributed by atoms with Crippen LogP contribution in [0.15, 0.2) is 48.5 Å². The molecule has 0 radical (unpaired) electrons. The lowest BCUT2D eigenvalue weighted by atomic mass is 10.1. The van der Waals surface area contributed by atoms with Crippen LogP contribution in [0.1, 0.15) is 38.0 Å². The Balaban J connectivity index is 1.69. The maximum Gasteiger partial charge on any atom is 0.436 e. The largest absolute Gasteiger partial charge is 0.436 e. The normalized spacial score (nSPS) is 12.8. The third-order valence-electron chi connectivity index (χ3n) is 3.47. The highest BCUT2D eigenvalue weighted by molar-refractivity contribution is 6.21. The Bertz CT molecular complexity index is 823. The van der Waals surface area contributed by atoms with Crippen molar-refractivity contribution in [3.63, 3.8) is 0 Å². The monoisotopic (exact) mass is 324 g/mol. The van der Waals surface area contributed by atoms with Gasteiger partial charge >= 0.3 is 6.09 Å². The van der Waals surface area contributed by atoms with E-state index in [-0.39, 0.29) is 16.9 Å². The summed E-state index contributed by atoms with van der Waals surface area (Å²) < 4.78 is 0. The van der Waals surface area contributed by atoms with Crippen LogP contribution in [0.3, 0.4) is 0 Å². The number of carbonyl (C=O) groups is 4. The van der Waals surface area contributed by atoms with Gasteiger partial charge in [0.05, 0.1) is 11.1 Å². The van der Waals surface area contributed by atoms with E-state index in [1.807, 2.05) is 0 Å². The van der Waals surface area contributed by atoms with Crippen molar-refractivity contribution in [1.82, 2.24) is 5.06 Å². The summed E-state index contributed by atoms with van der Waals surface area (Å²) in [6.07, 6.45) is -0.986. The maximum absolute atomic E-state index is 12.1. The number of rotatable bonds is 3. The summed E-state index contributed by atoms with van der Waals surface area (Å²) in [5.74, 6) is -1.49. The van der Waals surface area contributed by atoms with Gasteiger partial charge in [-0.2, -0.15) is 0 Å². The Kier molecular flexibility index (Phi) is 3.83. The number of Topliss-reactive ketones (excluding diaryl/α,β-unsaturated/α-hetero) is 1. The van der Waals surface area contributed by atoms with Crippen LogP contribution in [0.25, 0.3) is 0 Å². The number of hydrogen-bond acceptors (Lipinski definition) is 5. The van der Waals surface area contributed by atoms with E-state index in [0.717, 1.165) is 0 Å². The summed E-state index contributed by atoms with van der Waals surface area (Å²) in [5.41, 5.74) is 1.22. The van der Waals surface area contributed by atoms with Crippen LogP contribution in [0.4, 0.5) is 10.5 Å². The first-order valence-electron chi connectivity index (χ1n) is 7.05. The fourth-order valence-electron chi connectivity index (χ4n) is 2.26. The summed E-state index contributed by atoms with van der Waals surface area (Å²) in [5, 5.41) is 2.80. The molecule has 2 aromatic rings. The molecule has 0 aliphatic carbocycles. The van der Waals surface area contributed by atoms with Gasteiger partial charge in [-0.3, -0.25) is 19.7 Å². The Hall–Kier alpha value is -3.48. The van der Waals surface area contributed by atoms with Crippen molar-refractivity contribution < 1.29 is 24.0 Å². The number of benzene rings is 2. The van der Waals surface area contributed by atoms with Crippen molar-refractivity contribution >= 4 is 29.4 Å². The summed E-state index contributed by atoms with van der Waals surface area (Å²) in [6.45, 7) is 1.43. The summed E-state index contributed by atoms with van der Waals surface area (Å²) in [7, 11) is 0. The summed E-state index contributed by atoms with van der Waals surface area (Å²) in [6, 6.07) is 12.3. The van der Waals surface area contributed by atoms with Gasteiger partial charge in [0.2, 0.25) is 0 Å². The molecular formula is C17H12N2O5. The van der Waals surface area contributed by atoms with Gasteiger partial charge in [-0.15, -0.1) is 0 Å². The lowest BCUT2D eigenvalue weighted by molar-refractivity contribution is -0.0398. The first-order chi connectivity index (χ1) is 11.5. The van der Waals surface area contributed by atoms with E-state index in [1.165, 1.54) is 31.2 Å². The van der Waals surface area contributed by atoms with E-state index in [1.54, 1.807) is 24.3 Å². The number of nitrogens with zero attached hydrogens (tertiary/aromatic N) is 1. The number of imide groups is 1. The molecule has 0 unspecified atom stereocenters. The number of ketones is 1. The van der Waals surface area contributed by atoms with Crippen LogP contribution in [-0.4, -0.2) is 28.8 Å². The Morgan fingerprint density at radius 3 is 1.96 bits per heavy atom. The predicted octanol–water partition coefficient (Wildman–Crippen LogP) is 2.65. The highest BCUT2D eigenvalue weighted by Crippen LogP contribution is 2.23. The van der Waals surface area contributed by atoms with Gasteiger partial charge in [0.1, 0.15) is 0 Å². The predicted molar refractivity (Wildman–Crippen MR) is 83.5 cm³/mol. The molecule has 1 aliphatic rings. The van der Waals surface area contributed by atoms with Crippen LogP contribution in [-0.2, 0) is 4.84 Å². The van der Waals surface area contributed by atoms with Gasteiger partial charge < -0.3 is 4.84 Å². The van der Waals surface area contributed by atoms with Crippen molar-refractivity contribution in [3.05, 3.63) is 65.2 Å². The van der Waals surface area contributed by atoms with E-state index in [9.17, 15) is 19.2 Å². The molecule has 7 heteroatoms. The Morgan fingerprint density at radius 1 is 0.917 bits per heavy atom. The third-order valence-corrected chi connectivity index (χ3v) is 3.47. The molecule has 0 fully saturated rings. The van der Waals surface area contributed by atoms with Gasteiger partial charge in [-0.25, -0.2) is 4.79 Å². The van der Waals surface area contributed by atoms with Gasteiger partial charge in [0.15, 0.2) is 5.78 Å². The Morgan fingerprint density at radius 2 is 1.46 bits per heavy atom. The fraction of sp³-hybridized carbons (Fsp3) is 0.0588. The smallest absolute Gasteiger partial charge is 0.310 e. The van der Waals surface area contributed by atoms with Gasteiger partial charge in [-0.05, 0) is 43.3 Å². The number of nitrogens with one attached hydrogen (secondary N) is 1. The van der Waals surface area contributed by atoms with Crippen LogP contribution in [0, 0.1) is 0 Å². The van der Waals surface area contributed by atoms with Crippen LogP contribution < -0.4 is 5.32 Å². The van der Waals surface area contributed by atoms with Crippen molar-refractivity contribution in [2.45, 2.75) is 6.92 Å². The first-order valence-corrected chi connectivity index (χ1v) is 7.05. The molecule has 0 atom stereocenters.